The molecule has 3 aliphatic heterocycles. The second-order valence-electron chi connectivity index (χ2n) is 10.6. The summed E-state index contributed by atoms with van der Waals surface area (Å²) in [6.45, 7) is 12.5. The Kier molecular flexibility index (Phi) is 12.5. The van der Waals surface area contributed by atoms with Crippen LogP contribution < -0.4 is 42.5 Å². The minimum atomic E-state index is -0.0999. The van der Waals surface area contributed by atoms with Crippen LogP contribution >= 0.6 is 31.9 Å². The molecule has 0 saturated carbocycles. The predicted octanol–water partition coefficient (Wildman–Crippen LogP) is 1.13. The van der Waals surface area contributed by atoms with E-state index in [4.69, 9.17) is 0 Å². The van der Waals surface area contributed by atoms with E-state index in [9.17, 15) is 0 Å². The Labute approximate surface area is 244 Å². The van der Waals surface area contributed by atoms with Crippen LogP contribution in [0.15, 0.2) is 57.5 Å². The number of halogens is 2. The molecule has 8 nitrogen and oxygen atoms in total. The van der Waals surface area contributed by atoms with Gasteiger partial charge in [0.05, 0.1) is 11.1 Å². The Morgan fingerprint density at radius 3 is 1.00 bits per heavy atom. The number of nitrogens with one attached hydrogen (secondary N) is 8. The molecule has 3 fully saturated rings. The molecule has 2 bridgehead atoms. The van der Waals surface area contributed by atoms with E-state index in [-0.39, 0.29) is 11.1 Å². The Hall–Kier alpha value is -0.920. The zero-order chi connectivity index (χ0) is 26.5. The van der Waals surface area contributed by atoms with Crippen LogP contribution in [0.1, 0.15) is 11.1 Å². The summed E-state index contributed by atoms with van der Waals surface area (Å²) in [6, 6.07) is 17.2. The van der Waals surface area contributed by atoms with Crippen LogP contribution in [0, 0.1) is 0 Å². The first-order chi connectivity index (χ1) is 18.6. The SMILES string of the molecule is Brc1ccc(CNC23CNCCNCC(NCc4ccc(Br)cc4)(CNCCNC2)CNCCNC3)cc1. The van der Waals surface area contributed by atoms with Gasteiger partial charge in [0, 0.05) is 101 Å². The van der Waals surface area contributed by atoms with Gasteiger partial charge < -0.3 is 42.5 Å². The van der Waals surface area contributed by atoms with Crippen molar-refractivity contribution in [2.24, 2.45) is 0 Å². The summed E-state index contributed by atoms with van der Waals surface area (Å²) in [6.07, 6.45) is 0. The summed E-state index contributed by atoms with van der Waals surface area (Å²) in [5.74, 6) is 0. The lowest BCUT2D eigenvalue weighted by atomic mass is 9.96. The minimum Gasteiger partial charge on any atom is -0.314 e. The van der Waals surface area contributed by atoms with Crippen molar-refractivity contribution in [3.05, 3.63) is 68.6 Å². The highest BCUT2D eigenvalue weighted by atomic mass is 79.9. The molecule has 10 heteroatoms. The van der Waals surface area contributed by atoms with E-state index in [1.54, 1.807) is 0 Å². The number of benzene rings is 2. The largest absolute Gasteiger partial charge is 0.314 e. The van der Waals surface area contributed by atoms with Crippen molar-refractivity contribution in [2.45, 2.75) is 24.2 Å². The van der Waals surface area contributed by atoms with Gasteiger partial charge in [0.15, 0.2) is 0 Å². The summed E-state index contributed by atoms with van der Waals surface area (Å²) in [7, 11) is 0. The first-order valence-corrected chi connectivity index (χ1v) is 15.4. The van der Waals surface area contributed by atoms with Crippen LogP contribution in [0.4, 0.5) is 0 Å². The van der Waals surface area contributed by atoms with Crippen molar-refractivity contribution in [1.29, 1.82) is 0 Å². The quantitative estimate of drug-likeness (QED) is 0.236. The molecule has 8 N–H and O–H groups in total. The van der Waals surface area contributed by atoms with Gasteiger partial charge in [0.2, 0.25) is 0 Å². The first kappa shape index (κ1) is 30.0. The Morgan fingerprint density at radius 2 is 0.737 bits per heavy atom. The van der Waals surface area contributed by atoms with Crippen LogP contribution in [0.2, 0.25) is 0 Å². The van der Waals surface area contributed by atoms with Gasteiger partial charge in [-0.25, -0.2) is 0 Å². The number of hydrogen-bond acceptors (Lipinski definition) is 8. The summed E-state index contributed by atoms with van der Waals surface area (Å²) >= 11 is 7.10. The summed E-state index contributed by atoms with van der Waals surface area (Å²) in [5.41, 5.74) is 2.38. The van der Waals surface area contributed by atoms with Crippen molar-refractivity contribution in [3.63, 3.8) is 0 Å². The maximum absolute atomic E-state index is 3.90. The molecule has 3 heterocycles. The molecule has 2 aromatic carbocycles. The van der Waals surface area contributed by atoms with Crippen molar-refractivity contribution in [1.82, 2.24) is 42.5 Å². The van der Waals surface area contributed by atoms with Crippen LogP contribution in [0.25, 0.3) is 0 Å². The van der Waals surface area contributed by atoms with Gasteiger partial charge in [0.1, 0.15) is 0 Å². The molecule has 0 spiro atoms. The normalized spacial score (nSPS) is 26.5. The van der Waals surface area contributed by atoms with Gasteiger partial charge in [0.25, 0.3) is 0 Å². The smallest absolute Gasteiger partial charge is 0.0561 e. The molecule has 210 valence electrons. The average Bonchev–Trinajstić information content (AvgIpc) is 2.93. The second kappa shape index (κ2) is 15.8. The van der Waals surface area contributed by atoms with Crippen LogP contribution in [-0.2, 0) is 13.1 Å². The third kappa shape index (κ3) is 9.92. The molecule has 0 radical (unpaired) electrons. The molecule has 0 atom stereocenters. The fourth-order valence-corrected chi connectivity index (χ4v) is 5.56. The van der Waals surface area contributed by atoms with E-state index in [1.807, 2.05) is 0 Å². The lowest BCUT2D eigenvalue weighted by Gasteiger charge is -2.39. The maximum atomic E-state index is 3.90. The first-order valence-electron chi connectivity index (χ1n) is 13.8. The zero-order valence-electron chi connectivity index (χ0n) is 22.3. The van der Waals surface area contributed by atoms with Gasteiger partial charge in [-0.1, -0.05) is 56.1 Å². The number of hydrogen-bond donors (Lipinski definition) is 8. The van der Waals surface area contributed by atoms with Crippen LogP contribution in [-0.4, -0.2) is 89.6 Å². The Bertz CT molecular complexity index is 820. The lowest BCUT2D eigenvalue weighted by molar-refractivity contribution is 0.253. The highest BCUT2D eigenvalue weighted by molar-refractivity contribution is 9.10. The van der Waals surface area contributed by atoms with Crippen molar-refractivity contribution in [3.8, 4) is 0 Å². The molecule has 0 unspecified atom stereocenters. The van der Waals surface area contributed by atoms with E-state index >= 15 is 0 Å². The van der Waals surface area contributed by atoms with Crippen LogP contribution in [0.3, 0.4) is 0 Å². The topological polar surface area (TPSA) is 96.2 Å². The Balaban J connectivity index is 1.43. The highest BCUT2D eigenvalue weighted by Crippen LogP contribution is 2.13. The van der Waals surface area contributed by atoms with Crippen molar-refractivity contribution in [2.75, 3.05) is 78.5 Å². The molecule has 0 aromatic heterocycles. The molecule has 2 aromatic rings. The van der Waals surface area contributed by atoms with Gasteiger partial charge in [-0.3, -0.25) is 0 Å². The van der Waals surface area contributed by atoms with E-state index < -0.39 is 0 Å². The maximum Gasteiger partial charge on any atom is 0.0561 e. The molecule has 3 aliphatic rings. The van der Waals surface area contributed by atoms with E-state index in [0.717, 1.165) is 101 Å². The summed E-state index contributed by atoms with van der Waals surface area (Å²) < 4.78 is 2.22. The molecule has 5 rings (SSSR count). The van der Waals surface area contributed by atoms with Crippen LogP contribution in [0.5, 0.6) is 0 Å². The highest BCUT2D eigenvalue weighted by Gasteiger charge is 2.31. The lowest BCUT2D eigenvalue weighted by Crippen LogP contribution is -2.66. The Morgan fingerprint density at radius 1 is 0.474 bits per heavy atom. The predicted molar refractivity (Wildman–Crippen MR) is 165 cm³/mol. The van der Waals surface area contributed by atoms with E-state index in [1.165, 1.54) is 11.1 Å². The van der Waals surface area contributed by atoms with Gasteiger partial charge in [-0.05, 0) is 35.4 Å². The number of rotatable bonds is 6. The third-order valence-electron chi connectivity index (χ3n) is 7.38. The monoisotopic (exact) mass is 650 g/mol. The van der Waals surface area contributed by atoms with Crippen molar-refractivity contribution >= 4 is 31.9 Å². The fraction of sp³-hybridized carbons (Fsp3) is 0.571. The fourth-order valence-electron chi connectivity index (χ4n) is 5.03. The van der Waals surface area contributed by atoms with E-state index in [2.05, 4.69) is 123 Å². The number of fused-ring (bicyclic) bond motifs is 15. The second-order valence-corrected chi connectivity index (χ2v) is 12.4. The molecule has 38 heavy (non-hydrogen) atoms. The molecule has 0 aliphatic carbocycles. The van der Waals surface area contributed by atoms with Gasteiger partial charge in [-0.2, -0.15) is 0 Å². The third-order valence-corrected chi connectivity index (χ3v) is 8.43. The van der Waals surface area contributed by atoms with Gasteiger partial charge >= 0.3 is 0 Å². The molecular weight excluding hydrogens is 608 g/mol. The zero-order valence-corrected chi connectivity index (χ0v) is 25.4. The minimum absolute atomic E-state index is 0.0999. The standard InChI is InChI=1S/C28H44Br2N8/c29-25-5-1-23(2-6-25)15-37-27-17-31-9-12-34-20-28(21-35-13-10-32-18-27,22-36-14-11-33-19-27)38-16-24-3-7-26(30)8-4-24/h1-8,31-38H,9-22H2. The van der Waals surface area contributed by atoms with Gasteiger partial charge in [-0.15, -0.1) is 0 Å². The van der Waals surface area contributed by atoms with Crippen molar-refractivity contribution < 1.29 is 0 Å². The molecule has 3 saturated heterocycles. The molecular formula is C28H44Br2N8. The average molecular weight is 653 g/mol. The summed E-state index contributed by atoms with van der Waals surface area (Å²) in [4.78, 5) is 0. The summed E-state index contributed by atoms with van der Waals surface area (Å²) in [5, 5.41) is 30.3. The van der Waals surface area contributed by atoms with E-state index in [0.29, 0.717) is 0 Å². The molecule has 0 amide bonds.